The molecule has 0 bridgehead atoms. The smallest absolute Gasteiger partial charge is 0.153 e. The van der Waals surface area contributed by atoms with Crippen molar-refractivity contribution in [3.05, 3.63) is 0 Å². The highest BCUT2D eigenvalue weighted by atomic mass is 35.5. The number of sulfone groups is 1. The van der Waals surface area contributed by atoms with Gasteiger partial charge in [0.2, 0.25) is 0 Å². The van der Waals surface area contributed by atoms with Gasteiger partial charge in [-0.1, -0.05) is 32.6 Å². The third kappa shape index (κ3) is 5.60. The molecule has 0 amide bonds. The van der Waals surface area contributed by atoms with Gasteiger partial charge in [0, 0.05) is 5.88 Å². The van der Waals surface area contributed by atoms with Crippen LogP contribution >= 0.6 is 11.6 Å². The predicted molar refractivity (Wildman–Crippen MR) is 74.4 cm³/mol. The molecular weight excluding hydrogens is 256 g/mol. The summed E-state index contributed by atoms with van der Waals surface area (Å²) in [5.74, 6) is 1.65. The molecule has 0 spiro atoms. The molecule has 0 aromatic rings. The lowest BCUT2D eigenvalue weighted by molar-refractivity contribution is 0.381. The van der Waals surface area contributed by atoms with Crippen LogP contribution in [0.25, 0.3) is 0 Å². The molecule has 1 aliphatic carbocycles. The molecule has 0 radical (unpaired) electrons. The normalized spacial score (nSPS) is 26.0. The van der Waals surface area contributed by atoms with E-state index in [9.17, 15) is 8.42 Å². The van der Waals surface area contributed by atoms with Crippen LogP contribution in [0.2, 0.25) is 0 Å². The molecular formula is C13H25ClO2S. The van der Waals surface area contributed by atoms with E-state index < -0.39 is 9.84 Å². The van der Waals surface area contributed by atoms with Crippen molar-refractivity contribution in [2.75, 3.05) is 11.6 Å². The van der Waals surface area contributed by atoms with Gasteiger partial charge in [-0.2, -0.15) is 0 Å². The van der Waals surface area contributed by atoms with Crippen molar-refractivity contribution < 1.29 is 8.42 Å². The van der Waals surface area contributed by atoms with Gasteiger partial charge in [0.1, 0.15) is 0 Å². The van der Waals surface area contributed by atoms with E-state index >= 15 is 0 Å². The summed E-state index contributed by atoms with van der Waals surface area (Å²) in [4.78, 5) is 0. The van der Waals surface area contributed by atoms with Crippen LogP contribution in [0.4, 0.5) is 0 Å². The molecule has 0 saturated heterocycles. The summed E-state index contributed by atoms with van der Waals surface area (Å²) in [6.45, 7) is 2.17. The van der Waals surface area contributed by atoms with Crippen LogP contribution in [0.5, 0.6) is 0 Å². The van der Waals surface area contributed by atoms with Gasteiger partial charge in [-0.3, -0.25) is 0 Å². The largest absolute Gasteiger partial charge is 0.229 e. The first-order chi connectivity index (χ1) is 8.06. The monoisotopic (exact) mass is 280 g/mol. The van der Waals surface area contributed by atoms with Crippen LogP contribution in [-0.4, -0.2) is 25.3 Å². The van der Waals surface area contributed by atoms with Crippen LogP contribution < -0.4 is 0 Å². The fraction of sp³-hybridized carbons (Fsp3) is 1.00. The van der Waals surface area contributed by atoms with Gasteiger partial charge in [-0.05, 0) is 31.6 Å². The average Bonchev–Trinajstić information content (AvgIpc) is 2.29. The molecule has 2 unspecified atom stereocenters. The van der Waals surface area contributed by atoms with Gasteiger partial charge in [0.15, 0.2) is 9.84 Å². The van der Waals surface area contributed by atoms with Crippen molar-refractivity contribution in [1.82, 2.24) is 0 Å². The molecule has 0 heterocycles. The Bertz CT molecular complexity index is 301. The third-order valence-corrected chi connectivity index (χ3v) is 6.28. The Balaban J connectivity index is 2.29. The van der Waals surface area contributed by atoms with Crippen molar-refractivity contribution >= 4 is 21.4 Å². The molecule has 2 atom stereocenters. The number of hydrogen-bond donors (Lipinski definition) is 0. The SMILES string of the molecule is CC1CCCC(S(=O)(=O)CCCCCCCl)C1. The van der Waals surface area contributed by atoms with Gasteiger partial charge < -0.3 is 0 Å². The van der Waals surface area contributed by atoms with Crippen LogP contribution in [0.3, 0.4) is 0 Å². The molecule has 1 fully saturated rings. The Morgan fingerprint density at radius 2 is 1.82 bits per heavy atom. The Hall–Kier alpha value is 0.240. The van der Waals surface area contributed by atoms with Gasteiger partial charge in [-0.25, -0.2) is 8.42 Å². The Labute approximate surface area is 111 Å². The van der Waals surface area contributed by atoms with Crippen LogP contribution in [-0.2, 0) is 9.84 Å². The van der Waals surface area contributed by atoms with E-state index in [-0.39, 0.29) is 5.25 Å². The molecule has 0 aromatic carbocycles. The van der Waals surface area contributed by atoms with E-state index in [1.807, 2.05) is 0 Å². The minimum Gasteiger partial charge on any atom is -0.229 e. The summed E-state index contributed by atoms with van der Waals surface area (Å²) in [6.07, 6.45) is 7.90. The lowest BCUT2D eigenvalue weighted by atomic mass is 9.91. The summed E-state index contributed by atoms with van der Waals surface area (Å²) in [5.41, 5.74) is 0. The Morgan fingerprint density at radius 1 is 1.12 bits per heavy atom. The van der Waals surface area contributed by atoms with Crippen molar-refractivity contribution in [2.45, 2.75) is 63.5 Å². The highest BCUT2D eigenvalue weighted by Crippen LogP contribution is 2.29. The maximum atomic E-state index is 12.1. The maximum Gasteiger partial charge on any atom is 0.153 e. The summed E-state index contributed by atoms with van der Waals surface area (Å²) in [6, 6.07) is 0. The first kappa shape index (κ1) is 15.3. The maximum absolute atomic E-state index is 12.1. The van der Waals surface area contributed by atoms with Gasteiger partial charge in [0.25, 0.3) is 0 Å². The summed E-state index contributed by atoms with van der Waals surface area (Å²) >= 11 is 5.59. The van der Waals surface area contributed by atoms with Crippen molar-refractivity contribution in [1.29, 1.82) is 0 Å². The zero-order valence-electron chi connectivity index (χ0n) is 10.8. The number of halogens is 1. The summed E-state index contributed by atoms with van der Waals surface area (Å²) in [7, 11) is -2.84. The van der Waals surface area contributed by atoms with Crippen LogP contribution in [0, 0.1) is 5.92 Å². The molecule has 0 aliphatic heterocycles. The summed E-state index contributed by atoms with van der Waals surface area (Å²) in [5, 5.41) is -0.0562. The van der Waals surface area contributed by atoms with E-state index in [1.54, 1.807) is 0 Å². The van der Waals surface area contributed by atoms with Gasteiger partial charge in [0.05, 0.1) is 11.0 Å². The Morgan fingerprint density at radius 3 is 2.47 bits per heavy atom. The fourth-order valence-electron chi connectivity index (χ4n) is 2.62. The van der Waals surface area contributed by atoms with Crippen LogP contribution in [0.15, 0.2) is 0 Å². The highest BCUT2D eigenvalue weighted by molar-refractivity contribution is 7.92. The molecule has 17 heavy (non-hydrogen) atoms. The summed E-state index contributed by atoms with van der Waals surface area (Å²) < 4.78 is 24.3. The topological polar surface area (TPSA) is 34.1 Å². The van der Waals surface area contributed by atoms with Gasteiger partial charge >= 0.3 is 0 Å². The number of unbranched alkanes of at least 4 members (excludes halogenated alkanes) is 3. The van der Waals surface area contributed by atoms with Crippen molar-refractivity contribution in [3.63, 3.8) is 0 Å². The molecule has 4 heteroatoms. The number of alkyl halides is 1. The van der Waals surface area contributed by atoms with Crippen molar-refractivity contribution in [2.24, 2.45) is 5.92 Å². The van der Waals surface area contributed by atoms with E-state index in [1.165, 1.54) is 6.42 Å². The first-order valence-electron chi connectivity index (χ1n) is 6.84. The third-order valence-electron chi connectivity index (χ3n) is 3.71. The fourth-order valence-corrected chi connectivity index (χ4v) is 4.90. The standard InChI is InChI=1S/C13H25ClO2S/c1-12-7-6-8-13(11-12)17(15,16)10-5-3-2-4-9-14/h12-13H,2-11H2,1H3. The highest BCUT2D eigenvalue weighted by Gasteiger charge is 2.29. The zero-order chi connectivity index (χ0) is 12.7. The predicted octanol–water partition coefficient (Wildman–Crippen LogP) is 3.78. The second kappa shape index (κ2) is 7.63. The quantitative estimate of drug-likeness (QED) is 0.525. The van der Waals surface area contributed by atoms with E-state index in [2.05, 4.69) is 6.92 Å². The van der Waals surface area contributed by atoms with E-state index in [4.69, 9.17) is 11.6 Å². The first-order valence-corrected chi connectivity index (χ1v) is 9.09. The molecule has 102 valence electrons. The number of hydrogen-bond acceptors (Lipinski definition) is 2. The van der Waals surface area contributed by atoms with E-state index in [0.29, 0.717) is 17.6 Å². The molecule has 0 aromatic heterocycles. The van der Waals surface area contributed by atoms with Gasteiger partial charge in [-0.15, -0.1) is 11.6 Å². The lowest BCUT2D eigenvalue weighted by Crippen LogP contribution is -2.29. The number of rotatable bonds is 7. The molecule has 2 nitrogen and oxygen atoms in total. The minimum absolute atomic E-state index is 0.0562. The lowest BCUT2D eigenvalue weighted by Gasteiger charge is -2.26. The second-order valence-corrected chi connectivity index (χ2v) is 8.14. The molecule has 1 aliphatic rings. The van der Waals surface area contributed by atoms with Crippen LogP contribution in [0.1, 0.15) is 58.3 Å². The van der Waals surface area contributed by atoms with Crippen molar-refractivity contribution in [3.8, 4) is 0 Å². The molecule has 1 rings (SSSR count). The minimum atomic E-state index is -2.84. The average molecular weight is 281 g/mol. The molecule has 0 N–H and O–H groups in total. The zero-order valence-corrected chi connectivity index (χ0v) is 12.4. The second-order valence-electron chi connectivity index (χ2n) is 5.36. The Kier molecular flexibility index (Phi) is 6.86. The van der Waals surface area contributed by atoms with E-state index in [0.717, 1.165) is 44.9 Å². The molecule has 1 saturated carbocycles.